The van der Waals surface area contributed by atoms with E-state index in [-0.39, 0.29) is 18.0 Å². The molecule has 8 nitrogen and oxygen atoms in total. The number of amides is 1. The maximum Gasteiger partial charge on any atom is 0.336 e. The van der Waals surface area contributed by atoms with Crippen molar-refractivity contribution in [2.24, 2.45) is 0 Å². The van der Waals surface area contributed by atoms with Crippen molar-refractivity contribution in [2.75, 3.05) is 42.6 Å². The van der Waals surface area contributed by atoms with Gasteiger partial charge in [-0.1, -0.05) is 54.6 Å². The molecule has 6 rings (SSSR count). The molecule has 8 heteroatoms. The van der Waals surface area contributed by atoms with E-state index < -0.39 is 17.7 Å². The summed E-state index contributed by atoms with van der Waals surface area (Å²) in [5.74, 6) is -0.900. The van der Waals surface area contributed by atoms with Crippen molar-refractivity contribution in [2.45, 2.75) is 44.0 Å². The molecule has 3 aliphatic heterocycles. The zero-order chi connectivity index (χ0) is 27.7. The summed E-state index contributed by atoms with van der Waals surface area (Å²) in [5.41, 5.74) is 3.60. The number of benzene rings is 3. The van der Waals surface area contributed by atoms with Crippen molar-refractivity contribution in [3.8, 4) is 0 Å². The Morgan fingerprint density at radius 2 is 1.60 bits per heavy atom. The number of para-hydroxylation sites is 2. The third kappa shape index (κ3) is 4.82. The molecular formula is C32H36N4O4. The number of likely N-dealkylation sites (tertiary alicyclic amines) is 1. The van der Waals surface area contributed by atoms with Crippen molar-refractivity contribution in [1.82, 2.24) is 9.80 Å². The lowest BCUT2D eigenvalue weighted by Gasteiger charge is -2.43. The Hall–Kier alpha value is -3.88. The number of carbonyl (C=O) groups is 2. The van der Waals surface area contributed by atoms with Crippen LogP contribution in [0.15, 0.2) is 78.9 Å². The first-order chi connectivity index (χ1) is 19.5. The van der Waals surface area contributed by atoms with Crippen LogP contribution in [0, 0.1) is 0 Å². The van der Waals surface area contributed by atoms with Crippen LogP contribution in [0.5, 0.6) is 0 Å². The van der Waals surface area contributed by atoms with E-state index in [4.69, 9.17) is 0 Å². The number of rotatable bonds is 8. The number of hydrogen-bond acceptors (Lipinski definition) is 6. The summed E-state index contributed by atoms with van der Waals surface area (Å²) < 4.78 is 0. The molecule has 3 aromatic carbocycles. The lowest BCUT2D eigenvalue weighted by molar-refractivity contribution is -0.134. The van der Waals surface area contributed by atoms with E-state index >= 15 is 0 Å². The highest BCUT2D eigenvalue weighted by molar-refractivity contribution is 5.94. The fraction of sp³-hybridized carbons (Fsp3) is 0.375. The average Bonchev–Trinajstić information content (AvgIpc) is 3.43. The average molecular weight is 541 g/mol. The molecule has 3 aliphatic rings. The highest BCUT2D eigenvalue weighted by Gasteiger charge is 2.53. The molecule has 0 bridgehead atoms. The summed E-state index contributed by atoms with van der Waals surface area (Å²) in [6.45, 7) is 4.04. The zero-order valence-electron chi connectivity index (χ0n) is 22.7. The van der Waals surface area contributed by atoms with Crippen LogP contribution in [0.3, 0.4) is 0 Å². The molecule has 0 aromatic heterocycles. The second-order valence-electron chi connectivity index (χ2n) is 11.1. The van der Waals surface area contributed by atoms with E-state index in [0.29, 0.717) is 31.5 Å². The van der Waals surface area contributed by atoms with E-state index in [0.717, 1.165) is 44.0 Å². The van der Waals surface area contributed by atoms with Gasteiger partial charge in [0.25, 0.3) is 0 Å². The molecule has 1 amide bonds. The highest BCUT2D eigenvalue weighted by atomic mass is 16.4. The fourth-order valence-electron chi connectivity index (χ4n) is 6.71. The first-order valence-corrected chi connectivity index (χ1v) is 14.1. The molecule has 1 unspecified atom stereocenters. The smallest absolute Gasteiger partial charge is 0.336 e. The Morgan fingerprint density at radius 1 is 0.900 bits per heavy atom. The van der Waals surface area contributed by atoms with Crippen LogP contribution in [-0.4, -0.2) is 76.5 Å². The molecule has 3 heterocycles. The molecule has 0 radical (unpaired) electrons. The summed E-state index contributed by atoms with van der Waals surface area (Å²) in [4.78, 5) is 34.5. The number of aliphatic hydroxyl groups is 1. The van der Waals surface area contributed by atoms with Crippen LogP contribution in [0.25, 0.3) is 0 Å². The number of piperidine rings is 1. The Balaban J connectivity index is 1.14. The predicted octanol–water partition coefficient (Wildman–Crippen LogP) is 3.80. The van der Waals surface area contributed by atoms with E-state index in [1.807, 2.05) is 41.3 Å². The predicted molar refractivity (Wildman–Crippen MR) is 154 cm³/mol. The number of aliphatic hydroxyl groups excluding tert-OH is 1. The molecule has 1 spiro atoms. The van der Waals surface area contributed by atoms with Gasteiger partial charge in [-0.05, 0) is 61.2 Å². The highest BCUT2D eigenvalue weighted by Crippen LogP contribution is 2.40. The van der Waals surface area contributed by atoms with Gasteiger partial charge < -0.3 is 29.8 Å². The van der Waals surface area contributed by atoms with Crippen LogP contribution in [0.1, 0.15) is 40.7 Å². The van der Waals surface area contributed by atoms with Gasteiger partial charge in [0.05, 0.1) is 12.2 Å². The molecule has 208 valence electrons. The van der Waals surface area contributed by atoms with Gasteiger partial charge in [0.2, 0.25) is 5.91 Å². The van der Waals surface area contributed by atoms with E-state index in [9.17, 15) is 19.8 Å². The molecule has 0 aliphatic carbocycles. The van der Waals surface area contributed by atoms with Crippen molar-refractivity contribution >= 4 is 23.3 Å². The van der Waals surface area contributed by atoms with Crippen molar-refractivity contribution in [1.29, 1.82) is 0 Å². The number of nitrogens with zero attached hydrogens (tertiary/aromatic N) is 4. The van der Waals surface area contributed by atoms with Crippen LogP contribution < -0.4 is 9.80 Å². The minimum Gasteiger partial charge on any atom is -0.478 e. The van der Waals surface area contributed by atoms with Gasteiger partial charge in [-0.25, -0.2) is 4.79 Å². The maximum absolute atomic E-state index is 14.1. The quantitative estimate of drug-likeness (QED) is 0.450. The molecule has 3 aromatic rings. The van der Waals surface area contributed by atoms with Crippen LogP contribution in [0.4, 0.5) is 11.4 Å². The largest absolute Gasteiger partial charge is 0.478 e. The molecule has 40 heavy (non-hydrogen) atoms. The van der Waals surface area contributed by atoms with Crippen molar-refractivity contribution < 1.29 is 19.8 Å². The van der Waals surface area contributed by atoms with Gasteiger partial charge in [0, 0.05) is 44.0 Å². The van der Waals surface area contributed by atoms with Gasteiger partial charge in [-0.2, -0.15) is 0 Å². The molecule has 0 saturated carbocycles. The summed E-state index contributed by atoms with van der Waals surface area (Å²) in [7, 11) is 0. The van der Waals surface area contributed by atoms with Gasteiger partial charge >= 0.3 is 5.97 Å². The SMILES string of the molecule is O=C(O)c1ccccc1CN1CN(c2ccccc2)C2(CCN(CCCN3c4ccccc4CC3O)CC2)C1=O. The summed E-state index contributed by atoms with van der Waals surface area (Å²) in [5, 5.41) is 20.2. The molecule has 2 N–H and O–H groups in total. The third-order valence-corrected chi connectivity index (χ3v) is 8.81. The summed E-state index contributed by atoms with van der Waals surface area (Å²) in [6.07, 6.45) is 2.58. The first kappa shape index (κ1) is 26.3. The number of anilines is 2. The Morgan fingerprint density at radius 3 is 2.38 bits per heavy atom. The Kier molecular flexibility index (Phi) is 7.21. The number of hydrogen-bond donors (Lipinski definition) is 2. The van der Waals surface area contributed by atoms with Crippen LogP contribution in [0.2, 0.25) is 0 Å². The summed E-state index contributed by atoms with van der Waals surface area (Å²) >= 11 is 0. The second kappa shape index (κ2) is 10.9. The van der Waals surface area contributed by atoms with Crippen molar-refractivity contribution in [3.05, 3.63) is 95.6 Å². The van der Waals surface area contributed by atoms with E-state index in [1.54, 1.807) is 18.2 Å². The lowest BCUT2D eigenvalue weighted by Crippen LogP contribution is -2.56. The van der Waals surface area contributed by atoms with Gasteiger partial charge in [-0.3, -0.25) is 4.79 Å². The van der Waals surface area contributed by atoms with E-state index in [2.05, 4.69) is 39.0 Å². The number of aromatic carboxylic acids is 1. The summed E-state index contributed by atoms with van der Waals surface area (Å²) in [6, 6.07) is 25.2. The Labute approximate surface area is 235 Å². The Bertz CT molecular complexity index is 1370. The molecule has 1 atom stereocenters. The normalized spacial score (nSPS) is 20.4. The van der Waals surface area contributed by atoms with Crippen LogP contribution in [-0.2, 0) is 17.8 Å². The van der Waals surface area contributed by atoms with Crippen LogP contribution >= 0.6 is 0 Å². The number of carbonyl (C=O) groups excluding carboxylic acids is 1. The maximum atomic E-state index is 14.1. The van der Waals surface area contributed by atoms with Gasteiger partial charge in [0.15, 0.2) is 0 Å². The molecule has 2 saturated heterocycles. The first-order valence-electron chi connectivity index (χ1n) is 14.1. The van der Waals surface area contributed by atoms with Gasteiger partial charge in [-0.15, -0.1) is 0 Å². The topological polar surface area (TPSA) is 87.6 Å². The second-order valence-corrected chi connectivity index (χ2v) is 11.1. The monoisotopic (exact) mass is 540 g/mol. The fourth-order valence-corrected chi connectivity index (χ4v) is 6.71. The minimum atomic E-state index is -0.977. The third-order valence-electron chi connectivity index (χ3n) is 8.81. The number of fused-ring (bicyclic) bond motifs is 1. The molecule has 2 fully saturated rings. The number of carboxylic acid groups (broad SMARTS) is 1. The lowest BCUT2D eigenvalue weighted by atomic mass is 9.85. The van der Waals surface area contributed by atoms with E-state index in [1.165, 1.54) is 5.56 Å². The number of carboxylic acids is 1. The minimum absolute atomic E-state index is 0.0768. The van der Waals surface area contributed by atoms with Crippen molar-refractivity contribution in [3.63, 3.8) is 0 Å². The zero-order valence-corrected chi connectivity index (χ0v) is 22.7. The standard InChI is InChI=1S/C32H36N4O4/c37-29-21-24-9-5-7-14-28(24)35(29)18-8-17-33-19-15-32(16-20-33)31(40)34(23-36(32)26-11-2-1-3-12-26)22-25-10-4-6-13-27(25)30(38)39/h1-7,9-14,29,37H,8,15-23H2,(H,38,39). The van der Waals surface area contributed by atoms with Gasteiger partial charge in [0.1, 0.15) is 11.8 Å². The molecular weight excluding hydrogens is 504 g/mol.